The molecule has 0 aliphatic carbocycles. The number of carbonyl (C=O) groups is 5. The molecule has 1 saturated heterocycles. The fourth-order valence-corrected chi connectivity index (χ4v) is 3.23. The molecule has 0 bridgehead atoms. The van der Waals surface area contributed by atoms with E-state index in [9.17, 15) is 29.1 Å². The van der Waals surface area contributed by atoms with E-state index >= 15 is 0 Å². The Hall–Kier alpha value is -3.67. The number of hydrogen-bond donors (Lipinski definition) is 7. The van der Waals surface area contributed by atoms with Crippen LogP contribution >= 0.6 is 0 Å². The molecule has 1 aromatic rings. The first kappa shape index (κ1) is 24.6. The fraction of sp³-hybridized carbons (Fsp3) is 0.450. The largest absolute Gasteiger partial charge is 0.508 e. The Labute approximate surface area is 183 Å². The van der Waals surface area contributed by atoms with Gasteiger partial charge in [0.05, 0.1) is 12.5 Å². The summed E-state index contributed by atoms with van der Waals surface area (Å²) in [5, 5.41) is 28.3. The summed E-state index contributed by atoms with van der Waals surface area (Å²) in [4.78, 5) is 60.0. The van der Waals surface area contributed by atoms with Crippen molar-refractivity contribution in [3.63, 3.8) is 0 Å². The topological polar surface area (TPSA) is 200 Å². The van der Waals surface area contributed by atoms with Crippen molar-refractivity contribution < 1.29 is 34.2 Å². The lowest BCUT2D eigenvalue weighted by molar-refractivity contribution is -0.138. The normalized spacial score (nSPS) is 17.1. The van der Waals surface area contributed by atoms with Gasteiger partial charge in [-0.15, -0.1) is 0 Å². The van der Waals surface area contributed by atoms with Gasteiger partial charge in [-0.05, 0) is 37.1 Å². The number of carboxylic acid groups (broad SMARTS) is 1. The van der Waals surface area contributed by atoms with Crippen molar-refractivity contribution in [2.24, 2.45) is 5.73 Å². The molecule has 0 aromatic heterocycles. The lowest BCUT2D eigenvalue weighted by Gasteiger charge is -2.23. The van der Waals surface area contributed by atoms with Crippen LogP contribution in [-0.2, 0) is 30.4 Å². The van der Waals surface area contributed by atoms with Crippen molar-refractivity contribution in [1.29, 1.82) is 0 Å². The minimum Gasteiger partial charge on any atom is -0.508 e. The molecule has 12 heteroatoms. The van der Waals surface area contributed by atoms with Gasteiger partial charge >= 0.3 is 5.97 Å². The van der Waals surface area contributed by atoms with Crippen LogP contribution in [0.25, 0.3) is 0 Å². The van der Waals surface area contributed by atoms with Crippen molar-refractivity contribution >= 4 is 29.6 Å². The van der Waals surface area contributed by atoms with E-state index in [-0.39, 0.29) is 12.2 Å². The number of benzene rings is 1. The molecule has 3 unspecified atom stereocenters. The highest BCUT2D eigenvalue weighted by Crippen LogP contribution is 2.12. The lowest BCUT2D eigenvalue weighted by atomic mass is 10.0. The third kappa shape index (κ3) is 7.87. The highest BCUT2D eigenvalue weighted by molar-refractivity contribution is 5.96. The zero-order valence-corrected chi connectivity index (χ0v) is 17.3. The lowest BCUT2D eigenvalue weighted by Crippen LogP contribution is -2.57. The Bertz CT molecular complexity index is 852. The second-order valence-corrected chi connectivity index (χ2v) is 7.42. The molecule has 2 rings (SSSR count). The Balaban J connectivity index is 2.14. The molecule has 3 atom stereocenters. The van der Waals surface area contributed by atoms with Crippen LogP contribution in [0.5, 0.6) is 5.75 Å². The monoisotopic (exact) mass is 449 g/mol. The third-order valence-electron chi connectivity index (χ3n) is 4.84. The molecule has 12 nitrogen and oxygen atoms in total. The van der Waals surface area contributed by atoms with Gasteiger partial charge in [0.25, 0.3) is 0 Å². The number of phenols is 1. The van der Waals surface area contributed by atoms with Gasteiger partial charge in [0.2, 0.25) is 23.6 Å². The molecule has 0 radical (unpaired) electrons. The molecule has 0 saturated carbocycles. The van der Waals surface area contributed by atoms with Gasteiger partial charge in [-0.2, -0.15) is 0 Å². The number of nitrogens with one attached hydrogen (secondary N) is 4. The maximum absolute atomic E-state index is 12.8. The smallest absolute Gasteiger partial charge is 0.322 e. The van der Waals surface area contributed by atoms with Gasteiger partial charge in [-0.3, -0.25) is 24.0 Å². The van der Waals surface area contributed by atoms with Crippen LogP contribution in [0.15, 0.2) is 24.3 Å². The summed E-state index contributed by atoms with van der Waals surface area (Å²) >= 11 is 0. The molecule has 1 fully saturated rings. The molecular formula is C20H27N5O7. The first-order valence-electron chi connectivity index (χ1n) is 10.1. The molecule has 4 amide bonds. The first-order valence-corrected chi connectivity index (χ1v) is 10.1. The molecular weight excluding hydrogens is 422 g/mol. The second-order valence-electron chi connectivity index (χ2n) is 7.42. The summed E-state index contributed by atoms with van der Waals surface area (Å²) in [7, 11) is 0. The predicted octanol–water partition coefficient (Wildman–Crippen LogP) is -2.27. The second kappa shape index (κ2) is 11.6. The number of carboxylic acids is 1. The number of rotatable bonds is 11. The predicted molar refractivity (Wildman–Crippen MR) is 111 cm³/mol. The highest BCUT2D eigenvalue weighted by atomic mass is 16.4. The van der Waals surface area contributed by atoms with Crippen molar-refractivity contribution in [1.82, 2.24) is 21.3 Å². The molecule has 1 aliphatic heterocycles. The summed E-state index contributed by atoms with van der Waals surface area (Å²) in [6.07, 6.45) is 0.868. The number of phenolic OH excluding ortho intramolecular Hbond substituents is 1. The number of carbonyl (C=O) groups excluding carboxylic acids is 4. The summed E-state index contributed by atoms with van der Waals surface area (Å²) in [6, 6.07) is 2.85. The molecule has 8 N–H and O–H groups in total. The van der Waals surface area contributed by atoms with Crippen LogP contribution in [0, 0.1) is 0 Å². The van der Waals surface area contributed by atoms with Gasteiger partial charge in [0.1, 0.15) is 24.4 Å². The van der Waals surface area contributed by atoms with Crippen LogP contribution in [0.4, 0.5) is 0 Å². The van der Waals surface area contributed by atoms with Gasteiger partial charge in [0.15, 0.2) is 0 Å². The average Bonchev–Trinajstić information content (AvgIpc) is 3.27. The van der Waals surface area contributed by atoms with Crippen molar-refractivity contribution in [2.45, 2.75) is 43.8 Å². The molecule has 1 aliphatic rings. The van der Waals surface area contributed by atoms with Crippen molar-refractivity contribution in [2.75, 3.05) is 13.1 Å². The van der Waals surface area contributed by atoms with Gasteiger partial charge in [0, 0.05) is 6.42 Å². The third-order valence-corrected chi connectivity index (χ3v) is 4.84. The van der Waals surface area contributed by atoms with Crippen LogP contribution in [0.2, 0.25) is 0 Å². The Morgan fingerprint density at radius 3 is 2.31 bits per heavy atom. The number of amides is 4. The van der Waals surface area contributed by atoms with Crippen LogP contribution in [-0.4, -0.2) is 71.0 Å². The molecule has 1 heterocycles. The molecule has 1 aromatic carbocycles. The quantitative estimate of drug-likeness (QED) is 0.196. The van der Waals surface area contributed by atoms with E-state index in [1.165, 1.54) is 24.3 Å². The van der Waals surface area contributed by atoms with E-state index in [0.717, 1.165) is 6.42 Å². The number of aromatic hydroxyl groups is 1. The van der Waals surface area contributed by atoms with E-state index in [1.54, 1.807) is 0 Å². The van der Waals surface area contributed by atoms with Gasteiger partial charge in [-0.1, -0.05) is 12.1 Å². The van der Waals surface area contributed by atoms with Crippen LogP contribution in [0.1, 0.15) is 24.8 Å². The fourth-order valence-electron chi connectivity index (χ4n) is 3.23. The van der Waals surface area contributed by atoms with Crippen LogP contribution < -0.4 is 27.0 Å². The van der Waals surface area contributed by atoms with Crippen LogP contribution in [0.3, 0.4) is 0 Å². The van der Waals surface area contributed by atoms with E-state index in [1.807, 2.05) is 0 Å². The van der Waals surface area contributed by atoms with E-state index in [0.29, 0.717) is 18.5 Å². The zero-order chi connectivity index (χ0) is 23.7. The number of nitrogens with two attached hydrogens (primary N) is 1. The van der Waals surface area contributed by atoms with E-state index < -0.39 is 60.7 Å². The Morgan fingerprint density at radius 1 is 1.06 bits per heavy atom. The van der Waals surface area contributed by atoms with Crippen molar-refractivity contribution in [3.05, 3.63) is 29.8 Å². The number of primary amides is 1. The van der Waals surface area contributed by atoms with Gasteiger partial charge < -0.3 is 37.2 Å². The Morgan fingerprint density at radius 2 is 1.75 bits per heavy atom. The summed E-state index contributed by atoms with van der Waals surface area (Å²) in [5.41, 5.74) is 5.79. The SMILES string of the molecule is NC(=O)CC(NC(=O)C1CCCN1)C(=O)NC(Cc1ccc(O)cc1)C(=O)NCC(=O)O. The zero-order valence-electron chi connectivity index (χ0n) is 17.3. The Kier molecular flexibility index (Phi) is 8.95. The summed E-state index contributed by atoms with van der Waals surface area (Å²) < 4.78 is 0. The van der Waals surface area contributed by atoms with Gasteiger partial charge in [-0.25, -0.2) is 0 Å². The van der Waals surface area contributed by atoms with Crippen molar-refractivity contribution in [3.8, 4) is 5.75 Å². The molecule has 32 heavy (non-hydrogen) atoms. The maximum Gasteiger partial charge on any atom is 0.322 e. The minimum atomic E-state index is -1.31. The minimum absolute atomic E-state index is 0.00872. The number of aliphatic carboxylic acids is 1. The maximum atomic E-state index is 12.8. The average molecular weight is 449 g/mol. The molecule has 0 spiro atoms. The summed E-state index contributed by atoms with van der Waals surface area (Å²) in [6.45, 7) is -0.00119. The van der Waals surface area contributed by atoms with E-state index in [2.05, 4.69) is 21.3 Å². The summed E-state index contributed by atoms with van der Waals surface area (Å²) in [5.74, 6) is -4.13. The molecule has 174 valence electrons. The highest BCUT2D eigenvalue weighted by Gasteiger charge is 2.31. The van der Waals surface area contributed by atoms with E-state index in [4.69, 9.17) is 10.8 Å². The standard InChI is InChI=1S/C20H27N5O7/c21-16(27)9-15(25-19(31)13-2-1-7-22-13)20(32)24-14(18(30)23-10-17(28)29)8-11-3-5-12(26)6-4-11/h3-6,13-15,22,26H,1-2,7-10H2,(H2,21,27)(H,23,30)(H,24,32)(H,25,31)(H,28,29). The first-order chi connectivity index (χ1) is 15.2. The number of hydrogen-bond acceptors (Lipinski definition) is 7.